The minimum atomic E-state index is -0.460. The molecule has 0 aliphatic heterocycles. The number of nitrogens with zero attached hydrogens (tertiary/aromatic N) is 2. The molecule has 0 aliphatic rings. The van der Waals surface area contributed by atoms with Crippen molar-refractivity contribution in [1.29, 1.82) is 0 Å². The van der Waals surface area contributed by atoms with Gasteiger partial charge in [-0.15, -0.1) is 12.4 Å². The lowest BCUT2D eigenvalue weighted by atomic mass is 9.91. The molecular weight excluding hydrogens is 340 g/mol. The molecule has 2 aromatic rings. The largest absolute Gasteiger partial charge is 0.348 e. The first-order valence-corrected chi connectivity index (χ1v) is 8.50. The van der Waals surface area contributed by atoms with Crippen molar-refractivity contribution >= 4 is 29.3 Å². The number of hydrogen-bond donors (Lipinski definition) is 2. The standard InChI is InChI=1S/C18H28N4O2.ClH/c1-5-21-14-8-6-7-9-15(14)22(17(21)24)11-16(23)20-18(4,12-19)10-13(2)3;/h6-9,13H,5,10-12,19H2,1-4H3,(H,20,23);1H. The Morgan fingerprint density at radius 2 is 1.80 bits per heavy atom. The number of halogens is 1. The predicted molar refractivity (Wildman–Crippen MR) is 104 cm³/mol. The third kappa shape index (κ3) is 4.64. The molecule has 0 saturated carbocycles. The molecule has 1 unspecified atom stereocenters. The summed E-state index contributed by atoms with van der Waals surface area (Å²) in [7, 11) is 0. The van der Waals surface area contributed by atoms with Crippen molar-refractivity contribution < 1.29 is 4.79 Å². The van der Waals surface area contributed by atoms with Gasteiger partial charge in [0.25, 0.3) is 0 Å². The van der Waals surface area contributed by atoms with Gasteiger partial charge in [-0.05, 0) is 38.3 Å². The molecule has 0 saturated heterocycles. The molecule has 0 bridgehead atoms. The highest BCUT2D eigenvalue weighted by molar-refractivity contribution is 5.85. The van der Waals surface area contributed by atoms with Crippen LogP contribution < -0.4 is 16.7 Å². The molecule has 0 fully saturated rings. The summed E-state index contributed by atoms with van der Waals surface area (Å²) in [5.41, 5.74) is 6.86. The summed E-state index contributed by atoms with van der Waals surface area (Å²) >= 11 is 0. The normalized spacial score (nSPS) is 13.5. The van der Waals surface area contributed by atoms with Crippen molar-refractivity contribution in [3.63, 3.8) is 0 Å². The van der Waals surface area contributed by atoms with Gasteiger partial charge in [-0.25, -0.2) is 4.79 Å². The van der Waals surface area contributed by atoms with Crippen LogP contribution >= 0.6 is 12.4 Å². The molecule has 1 aromatic carbocycles. The van der Waals surface area contributed by atoms with E-state index in [0.717, 1.165) is 17.5 Å². The molecule has 140 valence electrons. The van der Waals surface area contributed by atoms with Crippen LogP contribution in [0.25, 0.3) is 11.0 Å². The summed E-state index contributed by atoms with van der Waals surface area (Å²) in [6.07, 6.45) is 0.793. The fraction of sp³-hybridized carbons (Fsp3) is 0.556. The highest BCUT2D eigenvalue weighted by Crippen LogP contribution is 2.16. The van der Waals surface area contributed by atoms with Gasteiger partial charge in [-0.3, -0.25) is 13.9 Å². The highest BCUT2D eigenvalue weighted by Gasteiger charge is 2.26. The molecule has 1 aromatic heterocycles. The van der Waals surface area contributed by atoms with Crippen LogP contribution in [0.2, 0.25) is 0 Å². The van der Waals surface area contributed by atoms with Gasteiger partial charge in [0.05, 0.1) is 11.0 Å². The molecule has 1 amide bonds. The summed E-state index contributed by atoms with van der Waals surface area (Å²) in [4.78, 5) is 25.1. The van der Waals surface area contributed by atoms with Crippen LogP contribution in [0.4, 0.5) is 0 Å². The molecule has 6 nitrogen and oxygen atoms in total. The molecule has 0 aliphatic carbocycles. The Morgan fingerprint density at radius 1 is 1.24 bits per heavy atom. The van der Waals surface area contributed by atoms with Crippen LogP contribution in [0.5, 0.6) is 0 Å². The van der Waals surface area contributed by atoms with E-state index >= 15 is 0 Å². The number of carbonyl (C=O) groups excluding carboxylic acids is 1. The first kappa shape index (κ1) is 21.3. The third-order valence-electron chi connectivity index (χ3n) is 4.29. The molecule has 1 heterocycles. The topological polar surface area (TPSA) is 82.0 Å². The molecule has 2 rings (SSSR count). The lowest BCUT2D eigenvalue weighted by molar-refractivity contribution is -0.123. The lowest BCUT2D eigenvalue weighted by Gasteiger charge is -2.31. The number of fused-ring (bicyclic) bond motifs is 1. The number of imidazole rings is 1. The quantitative estimate of drug-likeness (QED) is 0.785. The summed E-state index contributed by atoms with van der Waals surface area (Å²) in [6.45, 7) is 9.00. The fourth-order valence-corrected chi connectivity index (χ4v) is 3.34. The van der Waals surface area contributed by atoms with Gasteiger partial charge in [0.15, 0.2) is 0 Å². The van der Waals surface area contributed by atoms with Gasteiger partial charge < -0.3 is 11.1 Å². The van der Waals surface area contributed by atoms with E-state index in [2.05, 4.69) is 19.2 Å². The number of carbonyl (C=O) groups is 1. The Labute approximate surface area is 154 Å². The van der Waals surface area contributed by atoms with Crippen LogP contribution in [0, 0.1) is 5.92 Å². The van der Waals surface area contributed by atoms with Crippen molar-refractivity contribution in [2.24, 2.45) is 11.7 Å². The maximum atomic E-state index is 12.6. The Kier molecular flexibility index (Phi) is 7.26. The smallest absolute Gasteiger partial charge is 0.329 e. The molecule has 0 radical (unpaired) electrons. The van der Waals surface area contributed by atoms with E-state index in [9.17, 15) is 9.59 Å². The van der Waals surface area contributed by atoms with E-state index in [1.54, 1.807) is 4.57 Å². The predicted octanol–water partition coefficient (Wildman–Crippen LogP) is 2.12. The van der Waals surface area contributed by atoms with Gasteiger partial charge >= 0.3 is 5.69 Å². The second-order valence-electron chi connectivity index (χ2n) is 7.01. The number of nitrogens with one attached hydrogen (secondary N) is 1. The second kappa shape index (κ2) is 8.54. The van der Waals surface area contributed by atoms with E-state index in [4.69, 9.17) is 5.73 Å². The minimum Gasteiger partial charge on any atom is -0.348 e. The lowest BCUT2D eigenvalue weighted by Crippen LogP contribution is -2.53. The van der Waals surface area contributed by atoms with Crippen LogP contribution in [0.1, 0.15) is 34.1 Å². The van der Waals surface area contributed by atoms with E-state index in [-0.39, 0.29) is 30.5 Å². The zero-order chi connectivity index (χ0) is 17.9. The second-order valence-corrected chi connectivity index (χ2v) is 7.01. The van der Waals surface area contributed by atoms with Gasteiger partial charge in [0.1, 0.15) is 6.54 Å². The van der Waals surface area contributed by atoms with Gasteiger partial charge in [-0.1, -0.05) is 26.0 Å². The van der Waals surface area contributed by atoms with Crippen molar-refractivity contribution in [3.8, 4) is 0 Å². The number of rotatable bonds is 7. The molecule has 7 heteroatoms. The van der Waals surface area contributed by atoms with Crippen LogP contribution in [0.15, 0.2) is 29.1 Å². The van der Waals surface area contributed by atoms with Gasteiger partial charge in [0.2, 0.25) is 5.91 Å². The SMILES string of the molecule is CCn1c(=O)n(CC(=O)NC(C)(CN)CC(C)C)c2ccccc21.Cl. The van der Waals surface area contributed by atoms with Crippen LogP contribution in [0.3, 0.4) is 0 Å². The number of amides is 1. The van der Waals surface area contributed by atoms with Crippen molar-refractivity contribution in [1.82, 2.24) is 14.5 Å². The third-order valence-corrected chi connectivity index (χ3v) is 4.29. The van der Waals surface area contributed by atoms with Gasteiger partial charge in [-0.2, -0.15) is 0 Å². The van der Waals surface area contributed by atoms with Gasteiger partial charge in [0, 0.05) is 18.6 Å². The van der Waals surface area contributed by atoms with E-state index in [1.807, 2.05) is 38.1 Å². The minimum absolute atomic E-state index is 0. The summed E-state index contributed by atoms with van der Waals surface area (Å²) in [6, 6.07) is 7.54. The van der Waals surface area contributed by atoms with E-state index in [0.29, 0.717) is 19.0 Å². The number of aromatic nitrogens is 2. The molecule has 25 heavy (non-hydrogen) atoms. The highest BCUT2D eigenvalue weighted by atomic mass is 35.5. The number of nitrogens with two attached hydrogens (primary N) is 1. The molecular formula is C18H29ClN4O2. The van der Waals surface area contributed by atoms with Crippen molar-refractivity contribution in [2.75, 3.05) is 6.54 Å². The Morgan fingerprint density at radius 3 is 2.28 bits per heavy atom. The Balaban J connectivity index is 0.00000312. The van der Waals surface area contributed by atoms with Crippen molar-refractivity contribution in [3.05, 3.63) is 34.7 Å². The summed E-state index contributed by atoms with van der Waals surface area (Å²) in [5.74, 6) is 0.230. The number of para-hydroxylation sites is 2. The molecule has 1 atom stereocenters. The zero-order valence-corrected chi connectivity index (χ0v) is 16.2. The van der Waals surface area contributed by atoms with Crippen LogP contribution in [-0.2, 0) is 17.9 Å². The average Bonchev–Trinajstić information content (AvgIpc) is 2.78. The monoisotopic (exact) mass is 368 g/mol. The van der Waals surface area contributed by atoms with Crippen molar-refractivity contribution in [2.45, 2.75) is 52.7 Å². The molecule has 0 spiro atoms. The summed E-state index contributed by atoms with van der Waals surface area (Å²) < 4.78 is 3.21. The first-order chi connectivity index (χ1) is 11.3. The van der Waals surface area contributed by atoms with E-state index < -0.39 is 5.54 Å². The number of hydrogen-bond acceptors (Lipinski definition) is 3. The maximum absolute atomic E-state index is 12.6. The first-order valence-electron chi connectivity index (χ1n) is 8.50. The Bertz CT molecular complexity index is 781. The number of benzene rings is 1. The Hall–Kier alpha value is -1.79. The summed E-state index contributed by atoms with van der Waals surface area (Å²) in [5, 5.41) is 3.01. The average molecular weight is 369 g/mol. The van der Waals surface area contributed by atoms with Crippen LogP contribution in [-0.4, -0.2) is 27.1 Å². The zero-order valence-electron chi connectivity index (χ0n) is 15.4. The fourth-order valence-electron chi connectivity index (χ4n) is 3.34. The van der Waals surface area contributed by atoms with E-state index in [1.165, 1.54) is 4.57 Å². The number of aryl methyl sites for hydroxylation is 1. The maximum Gasteiger partial charge on any atom is 0.329 e. The molecule has 3 N–H and O–H groups in total.